The lowest BCUT2D eigenvalue weighted by Crippen LogP contribution is -2.27. The Morgan fingerprint density at radius 3 is 2.88 bits per heavy atom. The van der Waals surface area contributed by atoms with Crippen LogP contribution in [0.5, 0.6) is 0 Å². The van der Waals surface area contributed by atoms with Crippen molar-refractivity contribution in [2.75, 3.05) is 19.8 Å². The largest absolute Gasteiger partial charge is 0.382 e. The van der Waals surface area contributed by atoms with Crippen LogP contribution < -0.4 is 5.32 Å². The van der Waals surface area contributed by atoms with E-state index in [2.05, 4.69) is 10.4 Å². The lowest BCUT2D eigenvalue weighted by molar-refractivity contribution is 0.0938. The van der Waals surface area contributed by atoms with Crippen molar-refractivity contribution in [1.29, 1.82) is 0 Å². The number of hydrogen-bond acceptors (Lipinski definition) is 5. The number of ether oxygens (including phenoxy) is 1. The van der Waals surface area contributed by atoms with Gasteiger partial charge in [0.05, 0.1) is 16.3 Å². The summed E-state index contributed by atoms with van der Waals surface area (Å²) in [5.41, 5.74) is 1.91. The minimum Gasteiger partial charge on any atom is -0.382 e. The highest BCUT2D eigenvalue weighted by Crippen LogP contribution is 2.38. The summed E-state index contributed by atoms with van der Waals surface area (Å²) in [7, 11) is -1.76. The van der Waals surface area contributed by atoms with Crippen LogP contribution in [-0.2, 0) is 27.4 Å². The fourth-order valence-corrected chi connectivity index (χ4v) is 4.62. The van der Waals surface area contributed by atoms with E-state index in [1.54, 1.807) is 36.0 Å². The van der Waals surface area contributed by atoms with Crippen molar-refractivity contribution in [3.8, 4) is 11.3 Å². The second-order valence-electron chi connectivity index (χ2n) is 5.86. The topological polar surface area (TPSA) is 90.3 Å². The van der Waals surface area contributed by atoms with E-state index in [1.807, 2.05) is 6.92 Å². The van der Waals surface area contributed by atoms with Crippen molar-refractivity contribution < 1.29 is 17.9 Å². The fraction of sp³-hybridized carbons (Fsp3) is 0.412. The number of nitrogens with one attached hydrogen (secondary N) is 1. The molecule has 1 N–H and O–H groups in total. The Bertz CT molecular complexity index is 903. The molecule has 0 unspecified atom stereocenters. The Labute approximate surface area is 146 Å². The molecule has 2 heterocycles. The van der Waals surface area contributed by atoms with E-state index in [1.165, 1.54) is 0 Å². The molecule has 25 heavy (non-hydrogen) atoms. The number of aryl methyl sites for hydroxylation is 1. The van der Waals surface area contributed by atoms with Gasteiger partial charge < -0.3 is 10.1 Å². The maximum atomic E-state index is 12.6. The minimum atomic E-state index is -3.48. The van der Waals surface area contributed by atoms with Crippen LogP contribution in [0, 0.1) is 0 Å². The van der Waals surface area contributed by atoms with Gasteiger partial charge in [0.2, 0.25) is 0 Å². The van der Waals surface area contributed by atoms with Crippen molar-refractivity contribution in [2.45, 2.75) is 24.0 Å². The zero-order chi connectivity index (χ0) is 18.0. The Hall–Kier alpha value is -2.19. The third-order valence-corrected chi connectivity index (χ3v) is 5.82. The maximum absolute atomic E-state index is 12.6. The summed E-state index contributed by atoms with van der Waals surface area (Å²) >= 11 is 0. The molecule has 0 fully saturated rings. The van der Waals surface area contributed by atoms with Gasteiger partial charge in [-0.3, -0.25) is 9.48 Å². The van der Waals surface area contributed by atoms with Gasteiger partial charge >= 0.3 is 0 Å². The van der Waals surface area contributed by atoms with E-state index < -0.39 is 9.84 Å². The van der Waals surface area contributed by atoms with E-state index in [0.717, 1.165) is 0 Å². The van der Waals surface area contributed by atoms with Crippen LogP contribution in [0.1, 0.15) is 29.4 Å². The Morgan fingerprint density at radius 1 is 1.36 bits per heavy atom. The first-order valence-electron chi connectivity index (χ1n) is 8.19. The highest BCUT2D eigenvalue weighted by Gasteiger charge is 2.34. The zero-order valence-corrected chi connectivity index (χ0v) is 15.1. The van der Waals surface area contributed by atoms with Gasteiger partial charge in [-0.25, -0.2) is 8.42 Å². The number of hydrogen-bond donors (Lipinski definition) is 1. The van der Waals surface area contributed by atoms with Crippen LogP contribution in [0.2, 0.25) is 0 Å². The Kier molecular flexibility index (Phi) is 4.91. The molecule has 0 atom stereocenters. The lowest BCUT2D eigenvalue weighted by Gasteiger charge is -2.17. The molecular formula is C17H21N3O4S. The number of carbonyl (C=O) groups excluding carboxylic acids is 1. The van der Waals surface area contributed by atoms with Gasteiger partial charge in [-0.1, -0.05) is 18.2 Å². The van der Waals surface area contributed by atoms with Crippen molar-refractivity contribution in [3.05, 3.63) is 35.5 Å². The Morgan fingerprint density at radius 2 is 2.12 bits per heavy atom. The molecule has 7 nitrogen and oxygen atoms in total. The number of aromatic nitrogens is 2. The summed E-state index contributed by atoms with van der Waals surface area (Å²) in [6, 6.07) is 6.82. The first kappa shape index (κ1) is 17.6. The molecule has 3 rings (SSSR count). The van der Waals surface area contributed by atoms with Gasteiger partial charge in [-0.2, -0.15) is 5.10 Å². The number of carbonyl (C=O) groups is 1. The monoisotopic (exact) mass is 363 g/mol. The van der Waals surface area contributed by atoms with E-state index in [0.29, 0.717) is 43.0 Å². The predicted octanol–water partition coefficient (Wildman–Crippen LogP) is 1.53. The first-order chi connectivity index (χ1) is 12.0. The minimum absolute atomic E-state index is 0.173. The highest BCUT2D eigenvalue weighted by atomic mass is 32.2. The number of rotatable bonds is 6. The van der Waals surface area contributed by atoms with Gasteiger partial charge in [-0.15, -0.1) is 0 Å². The number of sulfone groups is 1. The summed E-state index contributed by atoms with van der Waals surface area (Å²) in [6.45, 7) is 3.57. The van der Waals surface area contributed by atoms with E-state index in [4.69, 9.17) is 4.74 Å². The number of benzene rings is 1. The van der Waals surface area contributed by atoms with Crippen molar-refractivity contribution in [2.24, 2.45) is 7.05 Å². The van der Waals surface area contributed by atoms with Gasteiger partial charge in [0.1, 0.15) is 0 Å². The van der Waals surface area contributed by atoms with Gasteiger partial charge in [0.15, 0.2) is 15.5 Å². The first-order valence-corrected chi connectivity index (χ1v) is 9.85. The van der Waals surface area contributed by atoms with Crippen LogP contribution in [-0.4, -0.2) is 43.9 Å². The smallest absolute Gasteiger partial charge is 0.272 e. The molecule has 0 aliphatic carbocycles. The van der Waals surface area contributed by atoms with Gasteiger partial charge in [-0.05, 0) is 19.4 Å². The fourth-order valence-electron chi connectivity index (χ4n) is 3.03. The molecule has 8 heteroatoms. The van der Waals surface area contributed by atoms with Gasteiger partial charge in [0.25, 0.3) is 5.91 Å². The Balaban J connectivity index is 1.90. The summed E-state index contributed by atoms with van der Waals surface area (Å²) in [5.74, 6) is -0.572. The molecule has 0 saturated carbocycles. The third-order valence-electron chi connectivity index (χ3n) is 4.13. The average molecular weight is 363 g/mol. The normalized spacial score (nSPS) is 14.6. The molecule has 1 aliphatic heterocycles. The van der Waals surface area contributed by atoms with Crippen LogP contribution in [0.3, 0.4) is 0 Å². The van der Waals surface area contributed by atoms with Crippen molar-refractivity contribution in [1.82, 2.24) is 15.1 Å². The molecule has 0 radical (unpaired) electrons. The van der Waals surface area contributed by atoms with Crippen LogP contribution in [0.25, 0.3) is 11.3 Å². The second kappa shape index (κ2) is 6.97. The molecule has 0 spiro atoms. The highest BCUT2D eigenvalue weighted by molar-refractivity contribution is 7.90. The molecule has 1 amide bonds. The predicted molar refractivity (Wildman–Crippen MR) is 93.0 cm³/mol. The number of amides is 1. The summed E-state index contributed by atoms with van der Waals surface area (Å²) in [4.78, 5) is 12.7. The molecule has 0 saturated heterocycles. The SMILES string of the molecule is CCOCCCNC(=O)c1nn(C)c2c1CS(=O)(=O)c1ccccc1-2. The quantitative estimate of drug-likeness (QED) is 0.786. The van der Waals surface area contributed by atoms with E-state index in [-0.39, 0.29) is 22.2 Å². The molecule has 0 bridgehead atoms. The summed E-state index contributed by atoms with van der Waals surface area (Å²) < 4.78 is 31.9. The van der Waals surface area contributed by atoms with Crippen LogP contribution >= 0.6 is 0 Å². The molecule has 134 valence electrons. The second-order valence-corrected chi connectivity index (χ2v) is 7.82. The summed E-state index contributed by atoms with van der Waals surface area (Å²) in [5, 5.41) is 7.06. The number of nitrogens with zero attached hydrogens (tertiary/aromatic N) is 2. The zero-order valence-electron chi connectivity index (χ0n) is 14.3. The third kappa shape index (κ3) is 3.32. The van der Waals surface area contributed by atoms with Crippen molar-refractivity contribution >= 4 is 15.7 Å². The van der Waals surface area contributed by atoms with Gasteiger partial charge in [0, 0.05) is 37.9 Å². The maximum Gasteiger partial charge on any atom is 0.272 e. The molecular weight excluding hydrogens is 342 g/mol. The molecule has 1 aliphatic rings. The standard InChI is InChI=1S/C17H21N3O4S/c1-3-24-10-6-9-18-17(21)15-13-11-25(22,23)14-8-5-4-7-12(14)16(13)20(2)19-15/h4-5,7-8H,3,6,9-11H2,1-2H3,(H,18,21). The van der Waals surface area contributed by atoms with E-state index in [9.17, 15) is 13.2 Å². The van der Waals surface area contributed by atoms with Crippen LogP contribution in [0.4, 0.5) is 0 Å². The average Bonchev–Trinajstić information content (AvgIpc) is 2.90. The molecule has 2 aromatic rings. The molecule has 1 aromatic heterocycles. The van der Waals surface area contributed by atoms with Crippen LogP contribution in [0.15, 0.2) is 29.2 Å². The summed E-state index contributed by atoms with van der Waals surface area (Å²) in [6.07, 6.45) is 0.690. The van der Waals surface area contributed by atoms with Crippen molar-refractivity contribution in [3.63, 3.8) is 0 Å². The number of fused-ring (bicyclic) bond motifs is 3. The van der Waals surface area contributed by atoms with E-state index >= 15 is 0 Å². The lowest BCUT2D eigenvalue weighted by atomic mass is 10.1. The molecule has 1 aromatic carbocycles.